The zero-order valence-electron chi connectivity index (χ0n) is 9.34. The molecule has 17 heavy (non-hydrogen) atoms. The van der Waals surface area contributed by atoms with Crippen molar-refractivity contribution in [1.29, 1.82) is 0 Å². The summed E-state index contributed by atoms with van der Waals surface area (Å²) in [6.07, 6.45) is 2.62. The summed E-state index contributed by atoms with van der Waals surface area (Å²) in [5.74, 6) is -0.168. The zero-order valence-corrected chi connectivity index (χ0v) is 10.2. The van der Waals surface area contributed by atoms with E-state index in [0.29, 0.717) is 16.8 Å². The van der Waals surface area contributed by atoms with Crippen LogP contribution in [0.1, 0.15) is 20.8 Å². The molecule has 1 amide bonds. The van der Waals surface area contributed by atoms with Gasteiger partial charge in [-0.25, -0.2) is 0 Å². The largest absolute Gasteiger partial charge is 0.619 e. The first-order valence-corrected chi connectivity index (χ1v) is 6.05. The second-order valence-electron chi connectivity index (χ2n) is 3.66. The van der Waals surface area contributed by atoms with Gasteiger partial charge in [-0.05, 0) is 23.9 Å². The van der Waals surface area contributed by atoms with E-state index in [2.05, 4.69) is 5.32 Å². The standard InChI is InChI=1S/C12H12N2O2S/c1-9-4-7-17-11(9)8-13-12(15)10-2-5-14(16)6-3-10/h2-7H,8H2,1H3,(H,13,15). The number of carbonyl (C=O) groups excluding carboxylic acids is 1. The lowest BCUT2D eigenvalue weighted by Gasteiger charge is -2.04. The second-order valence-corrected chi connectivity index (χ2v) is 4.66. The summed E-state index contributed by atoms with van der Waals surface area (Å²) in [7, 11) is 0. The molecule has 4 nitrogen and oxygen atoms in total. The molecular formula is C12H12N2O2S. The predicted octanol–water partition coefficient (Wildman–Crippen LogP) is 1.62. The van der Waals surface area contributed by atoms with Gasteiger partial charge in [0.2, 0.25) is 0 Å². The Kier molecular flexibility index (Phi) is 3.39. The van der Waals surface area contributed by atoms with Crippen molar-refractivity contribution in [2.24, 2.45) is 0 Å². The third kappa shape index (κ3) is 2.82. The van der Waals surface area contributed by atoms with Crippen LogP contribution in [-0.4, -0.2) is 5.91 Å². The maximum absolute atomic E-state index is 11.7. The molecule has 0 aliphatic rings. The van der Waals surface area contributed by atoms with E-state index in [9.17, 15) is 10.0 Å². The van der Waals surface area contributed by atoms with Crippen molar-refractivity contribution >= 4 is 17.2 Å². The summed E-state index contributed by atoms with van der Waals surface area (Å²) in [5, 5.41) is 15.6. The van der Waals surface area contributed by atoms with Gasteiger partial charge in [-0.2, -0.15) is 4.73 Å². The van der Waals surface area contributed by atoms with Gasteiger partial charge in [0.25, 0.3) is 5.91 Å². The summed E-state index contributed by atoms with van der Waals surface area (Å²) in [4.78, 5) is 12.9. The Morgan fingerprint density at radius 2 is 2.12 bits per heavy atom. The Balaban J connectivity index is 1.98. The van der Waals surface area contributed by atoms with E-state index in [0.717, 1.165) is 4.88 Å². The lowest BCUT2D eigenvalue weighted by molar-refractivity contribution is -0.605. The van der Waals surface area contributed by atoms with Crippen LogP contribution in [0.25, 0.3) is 0 Å². The number of thiophene rings is 1. The summed E-state index contributed by atoms with van der Waals surface area (Å²) in [6.45, 7) is 2.54. The highest BCUT2D eigenvalue weighted by Crippen LogP contribution is 2.14. The number of aryl methyl sites for hydroxylation is 1. The SMILES string of the molecule is Cc1ccsc1CNC(=O)c1cc[n+]([O-])cc1. The van der Waals surface area contributed by atoms with Crippen molar-refractivity contribution < 1.29 is 9.52 Å². The average Bonchev–Trinajstić information content (AvgIpc) is 2.73. The normalized spacial score (nSPS) is 10.2. The van der Waals surface area contributed by atoms with Gasteiger partial charge in [-0.3, -0.25) is 4.79 Å². The van der Waals surface area contributed by atoms with E-state index in [1.807, 2.05) is 18.4 Å². The molecule has 5 heteroatoms. The van der Waals surface area contributed by atoms with Gasteiger partial charge < -0.3 is 10.5 Å². The highest BCUT2D eigenvalue weighted by Gasteiger charge is 2.07. The molecule has 0 bridgehead atoms. The number of hydrogen-bond acceptors (Lipinski definition) is 3. The Bertz CT molecular complexity index is 520. The summed E-state index contributed by atoms with van der Waals surface area (Å²) < 4.78 is 0.653. The number of pyridine rings is 1. The highest BCUT2D eigenvalue weighted by molar-refractivity contribution is 7.10. The fraction of sp³-hybridized carbons (Fsp3) is 0.167. The first-order chi connectivity index (χ1) is 8.16. The van der Waals surface area contributed by atoms with Gasteiger partial charge in [0.05, 0.1) is 12.1 Å². The number of amides is 1. The van der Waals surface area contributed by atoms with Crippen LogP contribution in [0.4, 0.5) is 0 Å². The predicted molar refractivity (Wildman–Crippen MR) is 65.6 cm³/mol. The van der Waals surface area contributed by atoms with E-state index in [1.54, 1.807) is 11.3 Å². The van der Waals surface area contributed by atoms with Crippen LogP contribution >= 0.6 is 11.3 Å². The van der Waals surface area contributed by atoms with Crippen LogP contribution in [-0.2, 0) is 6.54 Å². The van der Waals surface area contributed by atoms with Gasteiger partial charge >= 0.3 is 0 Å². The molecule has 2 rings (SSSR count). The smallest absolute Gasteiger partial charge is 0.252 e. The summed E-state index contributed by atoms with van der Waals surface area (Å²) in [6, 6.07) is 5.03. The van der Waals surface area contributed by atoms with Crippen molar-refractivity contribution in [3.05, 3.63) is 57.2 Å². The van der Waals surface area contributed by atoms with Crippen LogP contribution in [0, 0.1) is 12.1 Å². The Labute approximate surface area is 103 Å². The van der Waals surface area contributed by atoms with Crippen molar-refractivity contribution in [3.8, 4) is 0 Å². The molecule has 0 aromatic carbocycles. The van der Waals surface area contributed by atoms with Gasteiger partial charge in [0.15, 0.2) is 12.4 Å². The minimum Gasteiger partial charge on any atom is -0.619 e. The van der Waals surface area contributed by atoms with E-state index in [-0.39, 0.29) is 5.91 Å². The Morgan fingerprint density at radius 3 is 2.71 bits per heavy atom. The number of hydrogen-bond donors (Lipinski definition) is 1. The molecule has 0 spiro atoms. The van der Waals surface area contributed by atoms with Crippen LogP contribution < -0.4 is 10.0 Å². The molecule has 88 valence electrons. The molecule has 2 aromatic rings. The minimum absolute atomic E-state index is 0.168. The van der Waals surface area contributed by atoms with Crippen molar-refractivity contribution in [3.63, 3.8) is 0 Å². The van der Waals surface area contributed by atoms with Gasteiger partial charge in [0, 0.05) is 17.0 Å². The maximum Gasteiger partial charge on any atom is 0.252 e. The van der Waals surface area contributed by atoms with Gasteiger partial charge in [-0.1, -0.05) is 0 Å². The molecule has 0 aliphatic heterocycles. The first kappa shape index (κ1) is 11.6. The molecule has 0 atom stereocenters. The zero-order chi connectivity index (χ0) is 12.3. The first-order valence-electron chi connectivity index (χ1n) is 5.17. The van der Waals surface area contributed by atoms with Gasteiger partial charge in [0.1, 0.15) is 0 Å². The molecule has 0 fully saturated rings. The fourth-order valence-corrected chi connectivity index (χ4v) is 2.26. The lowest BCUT2D eigenvalue weighted by Crippen LogP contribution is -2.27. The number of aromatic nitrogens is 1. The second kappa shape index (κ2) is 4.97. The molecule has 2 aromatic heterocycles. The monoisotopic (exact) mass is 248 g/mol. The fourth-order valence-electron chi connectivity index (χ4n) is 1.41. The van der Waals surface area contributed by atoms with Crippen LogP contribution in [0.15, 0.2) is 36.0 Å². The number of nitrogens with one attached hydrogen (secondary N) is 1. The van der Waals surface area contributed by atoms with E-state index < -0.39 is 0 Å². The number of carbonyl (C=O) groups is 1. The third-order valence-corrected chi connectivity index (χ3v) is 3.46. The Morgan fingerprint density at radius 1 is 1.41 bits per heavy atom. The average molecular weight is 248 g/mol. The topological polar surface area (TPSA) is 56.0 Å². The summed E-state index contributed by atoms with van der Waals surface area (Å²) >= 11 is 1.62. The molecule has 0 saturated carbocycles. The van der Waals surface area contributed by atoms with Gasteiger partial charge in [-0.15, -0.1) is 11.3 Å². The highest BCUT2D eigenvalue weighted by atomic mass is 32.1. The van der Waals surface area contributed by atoms with Crippen LogP contribution in [0.2, 0.25) is 0 Å². The molecule has 2 heterocycles. The molecule has 0 radical (unpaired) electrons. The third-order valence-electron chi connectivity index (χ3n) is 2.44. The molecule has 0 saturated heterocycles. The molecule has 1 N–H and O–H groups in total. The van der Waals surface area contributed by atoms with Crippen LogP contribution in [0.3, 0.4) is 0 Å². The molecular weight excluding hydrogens is 236 g/mol. The summed E-state index contributed by atoms with van der Waals surface area (Å²) in [5.41, 5.74) is 1.67. The van der Waals surface area contributed by atoms with E-state index in [1.165, 1.54) is 30.1 Å². The Hall–Kier alpha value is -1.88. The van der Waals surface area contributed by atoms with Crippen LogP contribution in [0.5, 0.6) is 0 Å². The van der Waals surface area contributed by atoms with E-state index >= 15 is 0 Å². The molecule has 0 aliphatic carbocycles. The maximum atomic E-state index is 11.7. The number of rotatable bonds is 3. The van der Waals surface area contributed by atoms with Crippen molar-refractivity contribution in [2.75, 3.05) is 0 Å². The minimum atomic E-state index is -0.168. The quantitative estimate of drug-likeness (QED) is 0.663. The van der Waals surface area contributed by atoms with Crippen molar-refractivity contribution in [2.45, 2.75) is 13.5 Å². The lowest BCUT2D eigenvalue weighted by atomic mass is 10.2. The van der Waals surface area contributed by atoms with Crippen molar-refractivity contribution in [1.82, 2.24) is 5.32 Å². The van der Waals surface area contributed by atoms with E-state index in [4.69, 9.17) is 0 Å². The molecule has 0 unspecified atom stereocenters. The number of nitrogens with zero attached hydrogens (tertiary/aromatic N) is 1.